The number of para-hydroxylation sites is 1. The van der Waals surface area contributed by atoms with Gasteiger partial charge < -0.3 is 4.74 Å². The average Bonchev–Trinajstić information content (AvgIpc) is 2.93. The molecule has 0 bridgehead atoms. The summed E-state index contributed by atoms with van der Waals surface area (Å²) in [7, 11) is 0. The summed E-state index contributed by atoms with van der Waals surface area (Å²) < 4.78 is 5.60. The quantitative estimate of drug-likeness (QED) is 0.680. The summed E-state index contributed by atoms with van der Waals surface area (Å²) in [5.74, 6) is 1.77. The molecule has 1 aliphatic rings. The van der Waals surface area contributed by atoms with Crippen molar-refractivity contribution in [1.82, 2.24) is 0 Å². The van der Waals surface area contributed by atoms with Gasteiger partial charge in [-0.05, 0) is 37.8 Å². The van der Waals surface area contributed by atoms with Crippen molar-refractivity contribution in [2.75, 3.05) is 6.61 Å². The summed E-state index contributed by atoms with van der Waals surface area (Å²) >= 11 is 0. The van der Waals surface area contributed by atoms with Crippen LogP contribution in [0.25, 0.3) is 0 Å². The molecule has 2 rings (SSSR count). The van der Waals surface area contributed by atoms with Crippen LogP contribution in [0, 0.1) is 5.92 Å². The maximum absolute atomic E-state index is 11.8. The van der Waals surface area contributed by atoms with E-state index in [1.807, 2.05) is 30.3 Å². The van der Waals surface area contributed by atoms with Crippen LogP contribution in [0.3, 0.4) is 0 Å². The zero-order valence-corrected chi connectivity index (χ0v) is 10.9. The Bertz CT molecular complexity index is 353. The van der Waals surface area contributed by atoms with Gasteiger partial charge in [-0.25, -0.2) is 0 Å². The molecular formula is C16H22O2. The molecule has 1 aliphatic carbocycles. The molecule has 0 heterocycles. The zero-order chi connectivity index (χ0) is 12.6. The molecular weight excluding hydrogens is 224 g/mol. The van der Waals surface area contributed by atoms with Crippen molar-refractivity contribution >= 4 is 5.78 Å². The second kappa shape index (κ2) is 7.20. The Kier molecular flexibility index (Phi) is 5.25. The highest BCUT2D eigenvalue weighted by molar-refractivity contribution is 5.81. The number of benzene rings is 1. The molecule has 0 spiro atoms. The predicted molar refractivity (Wildman–Crippen MR) is 72.8 cm³/mol. The molecule has 1 fully saturated rings. The molecule has 2 heteroatoms. The topological polar surface area (TPSA) is 26.3 Å². The highest BCUT2D eigenvalue weighted by atomic mass is 16.5. The molecule has 0 radical (unpaired) electrons. The minimum atomic E-state index is 0.375. The normalized spacial score (nSPS) is 15.8. The van der Waals surface area contributed by atoms with Gasteiger partial charge in [0.25, 0.3) is 0 Å². The molecule has 0 atom stereocenters. The molecule has 98 valence electrons. The van der Waals surface area contributed by atoms with E-state index in [4.69, 9.17) is 4.74 Å². The van der Waals surface area contributed by atoms with Crippen LogP contribution in [-0.4, -0.2) is 12.4 Å². The lowest BCUT2D eigenvalue weighted by Gasteiger charge is -2.08. The standard InChI is InChI=1S/C16H22O2/c17-16(14-8-4-5-9-14)12-6-7-13-18-15-10-2-1-3-11-15/h1-3,10-11,14H,4-9,12-13H2. The van der Waals surface area contributed by atoms with E-state index in [1.165, 1.54) is 12.8 Å². The van der Waals surface area contributed by atoms with Gasteiger partial charge in [-0.3, -0.25) is 4.79 Å². The van der Waals surface area contributed by atoms with Crippen molar-refractivity contribution in [3.63, 3.8) is 0 Å². The van der Waals surface area contributed by atoms with E-state index in [-0.39, 0.29) is 0 Å². The van der Waals surface area contributed by atoms with Crippen molar-refractivity contribution in [3.8, 4) is 5.75 Å². The Labute approximate surface area is 109 Å². The first kappa shape index (κ1) is 13.1. The molecule has 0 aliphatic heterocycles. The number of carbonyl (C=O) groups excluding carboxylic acids is 1. The molecule has 0 unspecified atom stereocenters. The lowest BCUT2D eigenvalue weighted by molar-refractivity contribution is -0.122. The van der Waals surface area contributed by atoms with Crippen molar-refractivity contribution in [1.29, 1.82) is 0 Å². The number of ether oxygens (including phenoxy) is 1. The predicted octanol–water partition coefficient (Wildman–Crippen LogP) is 4.00. The second-order valence-corrected chi connectivity index (χ2v) is 5.07. The highest BCUT2D eigenvalue weighted by Gasteiger charge is 2.21. The minimum absolute atomic E-state index is 0.375. The van der Waals surface area contributed by atoms with Crippen LogP contribution in [0.5, 0.6) is 5.75 Å². The SMILES string of the molecule is O=C(CCCCOc1ccccc1)C1CCCC1. The molecule has 18 heavy (non-hydrogen) atoms. The monoisotopic (exact) mass is 246 g/mol. The lowest BCUT2D eigenvalue weighted by Crippen LogP contribution is -2.10. The Balaban J connectivity index is 1.54. The van der Waals surface area contributed by atoms with Gasteiger partial charge in [0.05, 0.1) is 6.61 Å². The first-order chi connectivity index (χ1) is 8.86. The molecule has 0 N–H and O–H groups in total. The fraction of sp³-hybridized carbons (Fsp3) is 0.562. The Morgan fingerprint density at radius 2 is 1.83 bits per heavy atom. The fourth-order valence-electron chi connectivity index (χ4n) is 2.56. The van der Waals surface area contributed by atoms with Crippen LogP contribution in [0.15, 0.2) is 30.3 Å². The van der Waals surface area contributed by atoms with E-state index in [1.54, 1.807) is 0 Å². The first-order valence-electron chi connectivity index (χ1n) is 7.07. The van der Waals surface area contributed by atoms with Gasteiger partial charge in [-0.1, -0.05) is 31.0 Å². The van der Waals surface area contributed by atoms with Crippen molar-refractivity contribution in [2.45, 2.75) is 44.9 Å². The Morgan fingerprint density at radius 3 is 2.56 bits per heavy atom. The minimum Gasteiger partial charge on any atom is -0.494 e. The van der Waals surface area contributed by atoms with Gasteiger partial charge in [-0.15, -0.1) is 0 Å². The van der Waals surface area contributed by atoms with Gasteiger partial charge >= 0.3 is 0 Å². The van der Waals surface area contributed by atoms with Gasteiger partial charge in [-0.2, -0.15) is 0 Å². The largest absolute Gasteiger partial charge is 0.494 e. The number of carbonyl (C=O) groups is 1. The highest BCUT2D eigenvalue weighted by Crippen LogP contribution is 2.26. The summed E-state index contributed by atoms with van der Waals surface area (Å²) in [5, 5.41) is 0. The maximum atomic E-state index is 11.8. The van der Waals surface area contributed by atoms with E-state index < -0.39 is 0 Å². The molecule has 1 aromatic rings. The van der Waals surface area contributed by atoms with Crippen molar-refractivity contribution in [3.05, 3.63) is 30.3 Å². The van der Waals surface area contributed by atoms with E-state index in [9.17, 15) is 4.79 Å². The Hall–Kier alpha value is -1.31. The number of unbranched alkanes of at least 4 members (excludes halogenated alkanes) is 1. The third-order valence-electron chi connectivity index (χ3n) is 3.64. The lowest BCUT2D eigenvalue weighted by atomic mass is 9.98. The van der Waals surface area contributed by atoms with Gasteiger partial charge in [0, 0.05) is 12.3 Å². The van der Waals surface area contributed by atoms with E-state index >= 15 is 0 Å². The molecule has 0 amide bonds. The zero-order valence-electron chi connectivity index (χ0n) is 10.9. The Morgan fingerprint density at radius 1 is 1.11 bits per heavy atom. The number of Topliss-reactive ketones (excluding diaryl/α,β-unsaturated/α-hetero) is 1. The number of rotatable bonds is 7. The van der Waals surface area contributed by atoms with Crippen LogP contribution < -0.4 is 4.74 Å². The van der Waals surface area contributed by atoms with Crippen LogP contribution in [0.4, 0.5) is 0 Å². The average molecular weight is 246 g/mol. The van der Waals surface area contributed by atoms with E-state index in [0.29, 0.717) is 18.3 Å². The van der Waals surface area contributed by atoms with Crippen LogP contribution in [0.1, 0.15) is 44.9 Å². The number of hydrogen-bond acceptors (Lipinski definition) is 2. The van der Waals surface area contributed by atoms with Crippen LogP contribution in [-0.2, 0) is 4.79 Å². The maximum Gasteiger partial charge on any atom is 0.135 e. The third kappa shape index (κ3) is 4.17. The molecule has 1 aromatic carbocycles. The van der Waals surface area contributed by atoms with Crippen LogP contribution in [0.2, 0.25) is 0 Å². The van der Waals surface area contributed by atoms with Crippen LogP contribution >= 0.6 is 0 Å². The van der Waals surface area contributed by atoms with Crippen molar-refractivity contribution < 1.29 is 9.53 Å². The van der Waals surface area contributed by atoms with Crippen molar-refractivity contribution in [2.24, 2.45) is 5.92 Å². The van der Waals surface area contributed by atoms with Gasteiger partial charge in [0.15, 0.2) is 0 Å². The first-order valence-corrected chi connectivity index (χ1v) is 7.07. The van der Waals surface area contributed by atoms with E-state index in [0.717, 1.165) is 37.9 Å². The summed E-state index contributed by atoms with van der Waals surface area (Å²) in [4.78, 5) is 11.8. The molecule has 2 nitrogen and oxygen atoms in total. The second-order valence-electron chi connectivity index (χ2n) is 5.07. The van der Waals surface area contributed by atoms with E-state index in [2.05, 4.69) is 0 Å². The van der Waals surface area contributed by atoms with Gasteiger partial charge in [0.1, 0.15) is 11.5 Å². The molecule has 0 aromatic heterocycles. The summed E-state index contributed by atoms with van der Waals surface area (Å²) in [5.41, 5.74) is 0. The van der Waals surface area contributed by atoms with Gasteiger partial charge in [0.2, 0.25) is 0 Å². The molecule has 1 saturated carbocycles. The summed E-state index contributed by atoms with van der Waals surface area (Å²) in [6.07, 6.45) is 7.40. The number of hydrogen-bond donors (Lipinski definition) is 0. The molecule has 0 saturated heterocycles. The number of ketones is 1. The smallest absolute Gasteiger partial charge is 0.135 e. The third-order valence-corrected chi connectivity index (χ3v) is 3.64. The summed E-state index contributed by atoms with van der Waals surface area (Å²) in [6.45, 7) is 0.710. The summed E-state index contributed by atoms with van der Waals surface area (Å²) in [6, 6.07) is 9.85. The fourth-order valence-corrected chi connectivity index (χ4v) is 2.56.